The van der Waals surface area contributed by atoms with Crippen molar-refractivity contribution in [1.29, 1.82) is 0 Å². The molecule has 1 rings (SSSR count). The number of aliphatic hydroxyl groups is 1. The van der Waals surface area contributed by atoms with Crippen molar-refractivity contribution in [3.63, 3.8) is 0 Å². The van der Waals surface area contributed by atoms with Crippen LogP contribution in [0.2, 0.25) is 0 Å². The van der Waals surface area contributed by atoms with Crippen molar-refractivity contribution >= 4 is 5.97 Å². The summed E-state index contributed by atoms with van der Waals surface area (Å²) in [5, 5.41) is 12.5. The highest BCUT2D eigenvalue weighted by Crippen LogP contribution is 2.06. The molecule has 0 aliphatic carbocycles. The van der Waals surface area contributed by atoms with E-state index in [1.54, 1.807) is 12.1 Å². The first-order valence-electron chi connectivity index (χ1n) is 6.76. The van der Waals surface area contributed by atoms with Crippen molar-refractivity contribution in [3.05, 3.63) is 35.4 Å². The molecular weight excluding hydrogens is 258 g/mol. The van der Waals surface area contributed by atoms with Crippen molar-refractivity contribution in [2.24, 2.45) is 0 Å². The summed E-state index contributed by atoms with van der Waals surface area (Å²) in [6.07, 6.45) is 1.91. The largest absolute Gasteiger partial charge is 0.465 e. The molecule has 5 heteroatoms. The molecule has 0 aliphatic heterocycles. The topological polar surface area (TPSA) is 67.8 Å². The van der Waals surface area contributed by atoms with Gasteiger partial charge in [-0.1, -0.05) is 12.1 Å². The van der Waals surface area contributed by atoms with Crippen LogP contribution in [-0.4, -0.2) is 38.1 Å². The molecule has 0 radical (unpaired) electrons. The van der Waals surface area contributed by atoms with Gasteiger partial charge in [0.1, 0.15) is 0 Å². The van der Waals surface area contributed by atoms with E-state index in [9.17, 15) is 9.90 Å². The third-order valence-corrected chi connectivity index (χ3v) is 3.03. The molecule has 0 heterocycles. The van der Waals surface area contributed by atoms with E-state index in [1.165, 1.54) is 14.2 Å². The second-order valence-corrected chi connectivity index (χ2v) is 4.55. The Balaban J connectivity index is 2.17. The van der Waals surface area contributed by atoms with Gasteiger partial charge in [-0.25, -0.2) is 4.79 Å². The van der Waals surface area contributed by atoms with E-state index < -0.39 is 6.29 Å². The summed E-state index contributed by atoms with van der Waals surface area (Å²) in [5.74, 6) is -0.318. The van der Waals surface area contributed by atoms with E-state index in [0.29, 0.717) is 12.0 Å². The van der Waals surface area contributed by atoms with Crippen molar-refractivity contribution < 1.29 is 19.4 Å². The van der Waals surface area contributed by atoms with Gasteiger partial charge in [0.25, 0.3) is 0 Å². The number of hydrogen-bond acceptors (Lipinski definition) is 5. The lowest BCUT2D eigenvalue weighted by Crippen LogP contribution is -2.16. The van der Waals surface area contributed by atoms with Gasteiger partial charge < -0.3 is 19.9 Å². The summed E-state index contributed by atoms with van der Waals surface area (Å²) in [7, 11) is 2.87. The molecule has 112 valence electrons. The van der Waals surface area contributed by atoms with Gasteiger partial charge in [0.15, 0.2) is 6.29 Å². The van der Waals surface area contributed by atoms with Crippen molar-refractivity contribution in [3.8, 4) is 0 Å². The molecule has 0 saturated heterocycles. The molecule has 2 N–H and O–H groups in total. The van der Waals surface area contributed by atoms with Crippen LogP contribution in [0.3, 0.4) is 0 Å². The number of ether oxygens (including phenoxy) is 2. The molecule has 0 saturated carbocycles. The van der Waals surface area contributed by atoms with Gasteiger partial charge in [-0.05, 0) is 43.5 Å². The molecule has 0 fully saturated rings. The highest BCUT2D eigenvalue weighted by atomic mass is 16.6. The number of methoxy groups -OCH3 is 2. The minimum absolute atomic E-state index is 0.318. The summed E-state index contributed by atoms with van der Waals surface area (Å²) in [6.45, 7) is 1.64. The third kappa shape index (κ3) is 6.14. The normalized spacial score (nSPS) is 12.2. The average Bonchev–Trinajstić information content (AvgIpc) is 2.50. The van der Waals surface area contributed by atoms with E-state index in [4.69, 9.17) is 4.74 Å². The standard InChI is InChI=1S/C15H23NO4/c1-19-14(17)5-3-4-10-16-11-12-6-8-13(9-7-12)15(18)20-2/h6-9,14,16-17H,3-5,10-11H2,1-2H3. The Hall–Kier alpha value is -1.43. The zero-order chi connectivity index (χ0) is 14.8. The highest BCUT2D eigenvalue weighted by molar-refractivity contribution is 5.89. The van der Waals surface area contributed by atoms with Gasteiger partial charge in [-0.2, -0.15) is 0 Å². The fraction of sp³-hybridized carbons (Fsp3) is 0.533. The first-order chi connectivity index (χ1) is 9.67. The molecule has 20 heavy (non-hydrogen) atoms. The lowest BCUT2D eigenvalue weighted by molar-refractivity contribution is -0.0792. The Bertz CT molecular complexity index is 391. The molecule has 1 atom stereocenters. The number of hydrogen-bond donors (Lipinski definition) is 2. The second kappa shape index (κ2) is 9.47. The van der Waals surface area contributed by atoms with Crippen LogP contribution in [-0.2, 0) is 16.0 Å². The molecule has 0 aromatic heterocycles. The second-order valence-electron chi connectivity index (χ2n) is 4.55. The molecule has 0 bridgehead atoms. The molecule has 1 aromatic rings. The zero-order valence-electron chi connectivity index (χ0n) is 12.1. The zero-order valence-corrected chi connectivity index (χ0v) is 12.1. The quantitative estimate of drug-likeness (QED) is 0.410. The minimum atomic E-state index is -0.652. The number of rotatable bonds is 9. The van der Waals surface area contributed by atoms with Crippen LogP contribution in [0.15, 0.2) is 24.3 Å². The first kappa shape index (κ1) is 16.6. The van der Waals surface area contributed by atoms with E-state index in [0.717, 1.165) is 31.5 Å². The van der Waals surface area contributed by atoms with Gasteiger partial charge in [0.05, 0.1) is 12.7 Å². The Morgan fingerprint density at radius 2 is 1.95 bits per heavy atom. The van der Waals surface area contributed by atoms with E-state index in [2.05, 4.69) is 10.1 Å². The van der Waals surface area contributed by atoms with Crippen LogP contribution in [0.25, 0.3) is 0 Å². The Morgan fingerprint density at radius 1 is 1.25 bits per heavy atom. The van der Waals surface area contributed by atoms with Crippen molar-refractivity contribution in [2.75, 3.05) is 20.8 Å². The number of nitrogens with one attached hydrogen (secondary N) is 1. The van der Waals surface area contributed by atoms with Gasteiger partial charge in [0.2, 0.25) is 0 Å². The molecule has 0 amide bonds. The lowest BCUT2D eigenvalue weighted by Gasteiger charge is -2.08. The van der Waals surface area contributed by atoms with Crippen LogP contribution >= 0.6 is 0 Å². The monoisotopic (exact) mass is 281 g/mol. The van der Waals surface area contributed by atoms with Crippen LogP contribution in [0.1, 0.15) is 35.2 Å². The van der Waals surface area contributed by atoms with E-state index in [1.807, 2.05) is 12.1 Å². The lowest BCUT2D eigenvalue weighted by atomic mass is 10.1. The number of carbonyl (C=O) groups is 1. The summed E-state index contributed by atoms with van der Waals surface area (Å²) >= 11 is 0. The number of aliphatic hydroxyl groups excluding tert-OH is 1. The predicted molar refractivity (Wildman–Crippen MR) is 76.4 cm³/mol. The molecule has 1 unspecified atom stereocenters. The molecule has 5 nitrogen and oxygen atoms in total. The minimum Gasteiger partial charge on any atom is -0.465 e. The first-order valence-corrected chi connectivity index (χ1v) is 6.76. The summed E-state index contributed by atoms with van der Waals surface area (Å²) in [5.41, 5.74) is 1.68. The van der Waals surface area contributed by atoms with Gasteiger partial charge in [-0.15, -0.1) is 0 Å². The Morgan fingerprint density at radius 3 is 2.55 bits per heavy atom. The summed E-state index contributed by atoms with van der Waals surface area (Å²) in [6, 6.07) is 7.34. The predicted octanol–water partition coefficient (Wildman–Crippen LogP) is 1.70. The smallest absolute Gasteiger partial charge is 0.337 e. The fourth-order valence-corrected chi connectivity index (χ4v) is 1.80. The summed E-state index contributed by atoms with van der Waals surface area (Å²) in [4.78, 5) is 11.3. The Kier molecular flexibility index (Phi) is 7.87. The molecular formula is C15H23NO4. The van der Waals surface area contributed by atoms with E-state index >= 15 is 0 Å². The molecule has 1 aromatic carbocycles. The highest BCUT2D eigenvalue weighted by Gasteiger charge is 2.04. The van der Waals surface area contributed by atoms with E-state index in [-0.39, 0.29) is 5.97 Å². The maximum atomic E-state index is 11.3. The number of esters is 1. The number of carbonyl (C=O) groups excluding carboxylic acids is 1. The van der Waals surface area contributed by atoms with Crippen molar-refractivity contribution in [2.45, 2.75) is 32.1 Å². The van der Waals surface area contributed by atoms with Gasteiger partial charge in [-0.3, -0.25) is 0 Å². The average molecular weight is 281 g/mol. The fourth-order valence-electron chi connectivity index (χ4n) is 1.80. The van der Waals surface area contributed by atoms with Crippen LogP contribution in [0.4, 0.5) is 0 Å². The molecule has 0 aliphatic rings. The third-order valence-electron chi connectivity index (χ3n) is 3.03. The van der Waals surface area contributed by atoms with Crippen LogP contribution in [0.5, 0.6) is 0 Å². The Labute approximate surface area is 119 Å². The van der Waals surface area contributed by atoms with Gasteiger partial charge in [0, 0.05) is 13.7 Å². The van der Waals surface area contributed by atoms with Crippen molar-refractivity contribution in [1.82, 2.24) is 5.32 Å². The maximum Gasteiger partial charge on any atom is 0.337 e. The number of unbranched alkanes of at least 4 members (excludes halogenated alkanes) is 1. The van der Waals surface area contributed by atoms with Crippen LogP contribution in [0, 0.1) is 0 Å². The number of benzene rings is 1. The van der Waals surface area contributed by atoms with Gasteiger partial charge >= 0.3 is 5.97 Å². The SMILES string of the molecule is COC(=O)c1ccc(CNCCCCC(O)OC)cc1. The maximum absolute atomic E-state index is 11.3. The molecule has 0 spiro atoms. The van der Waals surface area contributed by atoms with Crippen LogP contribution < -0.4 is 5.32 Å². The summed E-state index contributed by atoms with van der Waals surface area (Å²) < 4.78 is 9.41.